The van der Waals surface area contributed by atoms with Crippen molar-refractivity contribution in [1.29, 1.82) is 0 Å². The molecule has 6 heteroatoms. The maximum atomic E-state index is 12.3. The molecule has 3 N–H and O–H groups in total. The second-order valence-electron chi connectivity index (χ2n) is 5.95. The van der Waals surface area contributed by atoms with Gasteiger partial charge in [0.2, 0.25) is 5.91 Å². The molecule has 0 saturated heterocycles. The first-order valence-electron chi connectivity index (χ1n) is 7.88. The number of rotatable bonds is 5. The highest BCUT2D eigenvalue weighted by atomic mass is 16.4. The Morgan fingerprint density at radius 3 is 2.22 bits per heavy atom. The van der Waals surface area contributed by atoms with Gasteiger partial charge in [-0.25, -0.2) is 4.79 Å². The molecule has 0 unspecified atom stereocenters. The Hall–Kier alpha value is -2.37. The Morgan fingerprint density at radius 2 is 1.70 bits per heavy atom. The normalized spacial score (nSPS) is 16.4. The van der Waals surface area contributed by atoms with Gasteiger partial charge >= 0.3 is 5.97 Å². The smallest absolute Gasteiger partial charge is 0.326 e. The second-order valence-corrected chi connectivity index (χ2v) is 5.95. The Kier molecular flexibility index (Phi) is 5.73. The van der Waals surface area contributed by atoms with E-state index in [4.69, 9.17) is 0 Å². The number of anilines is 1. The Labute approximate surface area is 135 Å². The van der Waals surface area contributed by atoms with Gasteiger partial charge in [-0.2, -0.15) is 0 Å². The van der Waals surface area contributed by atoms with Gasteiger partial charge in [0.05, 0.1) is 0 Å². The molecule has 0 heterocycles. The molecular weight excluding hydrogens is 296 g/mol. The largest absolute Gasteiger partial charge is 0.480 e. The van der Waals surface area contributed by atoms with Crippen molar-refractivity contribution < 1.29 is 19.5 Å². The van der Waals surface area contributed by atoms with E-state index in [-0.39, 0.29) is 11.8 Å². The number of carbonyl (C=O) groups excluding carboxylic acids is 2. The van der Waals surface area contributed by atoms with Crippen LogP contribution in [0.3, 0.4) is 0 Å². The lowest BCUT2D eigenvalue weighted by Gasteiger charge is -2.28. The lowest BCUT2D eigenvalue weighted by atomic mass is 9.84. The van der Waals surface area contributed by atoms with Crippen LogP contribution in [0.15, 0.2) is 24.3 Å². The van der Waals surface area contributed by atoms with Crippen LogP contribution in [0.2, 0.25) is 0 Å². The lowest BCUT2D eigenvalue weighted by Crippen LogP contribution is -2.46. The summed E-state index contributed by atoms with van der Waals surface area (Å²) < 4.78 is 0. The van der Waals surface area contributed by atoms with Crippen molar-refractivity contribution in [3.05, 3.63) is 29.8 Å². The van der Waals surface area contributed by atoms with Crippen LogP contribution in [0.25, 0.3) is 0 Å². The molecular formula is C17H22N2O4. The van der Waals surface area contributed by atoms with Gasteiger partial charge in [-0.15, -0.1) is 0 Å². The van der Waals surface area contributed by atoms with Crippen molar-refractivity contribution in [2.45, 2.75) is 45.1 Å². The number of carbonyl (C=O) groups is 3. The molecule has 0 radical (unpaired) electrons. The number of amides is 2. The number of aliphatic carboxylic acids is 1. The van der Waals surface area contributed by atoms with Crippen LogP contribution in [-0.2, 0) is 9.59 Å². The van der Waals surface area contributed by atoms with Crippen LogP contribution in [0, 0.1) is 5.92 Å². The molecule has 23 heavy (non-hydrogen) atoms. The van der Waals surface area contributed by atoms with E-state index in [1.807, 2.05) is 0 Å². The van der Waals surface area contributed by atoms with Gasteiger partial charge in [0.25, 0.3) is 5.91 Å². The Bertz CT molecular complexity index is 577. The summed E-state index contributed by atoms with van der Waals surface area (Å²) in [5.74, 6) is -1.59. The standard InChI is InChI=1S/C17H22N2O4/c1-11(20)18-14-9-7-13(8-10-14)16(21)19-15(17(22)23)12-5-3-2-4-6-12/h7-10,12,15H,2-6H2,1H3,(H,18,20)(H,19,21)(H,22,23)/t15-/m1/s1. The van der Waals surface area contributed by atoms with Crippen LogP contribution in [0.1, 0.15) is 49.4 Å². The zero-order valence-electron chi connectivity index (χ0n) is 13.2. The minimum atomic E-state index is -0.986. The van der Waals surface area contributed by atoms with Crippen molar-refractivity contribution in [2.75, 3.05) is 5.32 Å². The van der Waals surface area contributed by atoms with Gasteiger partial charge < -0.3 is 15.7 Å². The molecule has 1 aromatic carbocycles. The van der Waals surface area contributed by atoms with Crippen LogP contribution in [0.5, 0.6) is 0 Å². The van der Waals surface area contributed by atoms with E-state index in [0.29, 0.717) is 11.3 Å². The number of carboxylic acids is 1. The Morgan fingerprint density at radius 1 is 1.09 bits per heavy atom. The van der Waals surface area contributed by atoms with E-state index in [9.17, 15) is 19.5 Å². The summed E-state index contributed by atoms with van der Waals surface area (Å²) in [6.07, 6.45) is 4.81. The van der Waals surface area contributed by atoms with Gasteiger partial charge in [0.1, 0.15) is 6.04 Å². The molecule has 2 amide bonds. The molecule has 2 rings (SSSR count). The summed E-state index contributed by atoms with van der Waals surface area (Å²) in [4.78, 5) is 34.7. The van der Waals surface area contributed by atoms with Gasteiger partial charge in [0.15, 0.2) is 0 Å². The summed E-state index contributed by atoms with van der Waals surface area (Å²) in [6, 6.07) is 5.53. The van der Waals surface area contributed by atoms with Crippen LogP contribution < -0.4 is 10.6 Å². The average Bonchev–Trinajstić information content (AvgIpc) is 2.53. The number of hydrogen-bond acceptors (Lipinski definition) is 3. The predicted octanol–water partition coefficient (Wildman–Crippen LogP) is 2.41. The highest BCUT2D eigenvalue weighted by Gasteiger charge is 2.30. The highest BCUT2D eigenvalue weighted by molar-refractivity contribution is 5.97. The van der Waals surface area contributed by atoms with Crippen molar-refractivity contribution in [2.24, 2.45) is 5.92 Å². The molecule has 124 valence electrons. The van der Waals surface area contributed by atoms with Crippen LogP contribution >= 0.6 is 0 Å². The number of benzene rings is 1. The molecule has 6 nitrogen and oxygen atoms in total. The summed E-state index contributed by atoms with van der Waals surface area (Å²) in [7, 11) is 0. The first-order valence-corrected chi connectivity index (χ1v) is 7.88. The summed E-state index contributed by atoms with van der Waals surface area (Å²) in [5.41, 5.74) is 0.970. The SMILES string of the molecule is CC(=O)Nc1ccc(C(=O)N[C@@H](C(=O)O)C2CCCCC2)cc1. The van der Waals surface area contributed by atoms with Gasteiger partial charge in [-0.05, 0) is 43.0 Å². The molecule has 1 saturated carbocycles. The third-order valence-corrected chi connectivity index (χ3v) is 4.14. The molecule has 0 bridgehead atoms. The summed E-state index contributed by atoms with van der Waals surface area (Å²) in [6.45, 7) is 1.41. The fourth-order valence-corrected chi connectivity index (χ4v) is 2.98. The predicted molar refractivity (Wildman–Crippen MR) is 86.2 cm³/mol. The molecule has 1 aliphatic carbocycles. The van der Waals surface area contributed by atoms with E-state index in [0.717, 1.165) is 32.1 Å². The minimum absolute atomic E-state index is 0.0103. The van der Waals surface area contributed by atoms with Crippen molar-refractivity contribution in [3.63, 3.8) is 0 Å². The molecule has 0 aliphatic heterocycles. The van der Waals surface area contributed by atoms with Crippen molar-refractivity contribution in [1.82, 2.24) is 5.32 Å². The van der Waals surface area contributed by atoms with Crippen LogP contribution in [-0.4, -0.2) is 28.9 Å². The average molecular weight is 318 g/mol. The fourth-order valence-electron chi connectivity index (χ4n) is 2.98. The Balaban J connectivity index is 2.03. The van der Waals surface area contributed by atoms with E-state index >= 15 is 0 Å². The third-order valence-electron chi connectivity index (χ3n) is 4.14. The molecule has 1 aromatic rings. The lowest BCUT2D eigenvalue weighted by molar-refractivity contribution is -0.141. The first-order chi connectivity index (χ1) is 11.0. The second kappa shape index (κ2) is 7.76. The van der Waals surface area contributed by atoms with Crippen molar-refractivity contribution >= 4 is 23.5 Å². The minimum Gasteiger partial charge on any atom is -0.480 e. The van der Waals surface area contributed by atoms with Crippen LogP contribution in [0.4, 0.5) is 5.69 Å². The molecule has 0 spiro atoms. The number of hydrogen-bond donors (Lipinski definition) is 3. The first kappa shape index (κ1) is 17.0. The fraction of sp³-hybridized carbons (Fsp3) is 0.471. The molecule has 1 atom stereocenters. The molecule has 0 aromatic heterocycles. The van der Waals surface area contributed by atoms with E-state index in [1.165, 1.54) is 6.92 Å². The van der Waals surface area contributed by atoms with Gasteiger partial charge in [-0.1, -0.05) is 19.3 Å². The zero-order chi connectivity index (χ0) is 16.8. The van der Waals surface area contributed by atoms with Crippen molar-refractivity contribution in [3.8, 4) is 0 Å². The van der Waals surface area contributed by atoms with E-state index in [1.54, 1.807) is 24.3 Å². The maximum Gasteiger partial charge on any atom is 0.326 e. The molecule has 1 aliphatic rings. The maximum absolute atomic E-state index is 12.3. The van der Waals surface area contributed by atoms with Gasteiger partial charge in [0, 0.05) is 18.2 Å². The van der Waals surface area contributed by atoms with Gasteiger partial charge in [-0.3, -0.25) is 9.59 Å². The van der Waals surface area contributed by atoms with E-state index in [2.05, 4.69) is 10.6 Å². The number of nitrogens with one attached hydrogen (secondary N) is 2. The quantitative estimate of drug-likeness (QED) is 0.777. The summed E-state index contributed by atoms with van der Waals surface area (Å²) in [5, 5.41) is 14.7. The number of carboxylic acid groups (broad SMARTS) is 1. The highest BCUT2D eigenvalue weighted by Crippen LogP contribution is 2.27. The van der Waals surface area contributed by atoms with E-state index < -0.39 is 17.9 Å². The monoisotopic (exact) mass is 318 g/mol. The molecule has 1 fully saturated rings. The zero-order valence-corrected chi connectivity index (χ0v) is 13.2. The third kappa shape index (κ3) is 4.81. The topological polar surface area (TPSA) is 95.5 Å². The summed E-state index contributed by atoms with van der Waals surface area (Å²) >= 11 is 0.